The highest BCUT2D eigenvalue weighted by atomic mass is 16.5. The van der Waals surface area contributed by atoms with Gasteiger partial charge in [0.1, 0.15) is 17.2 Å². The van der Waals surface area contributed by atoms with Crippen LogP contribution in [0.1, 0.15) is 5.56 Å². The van der Waals surface area contributed by atoms with Gasteiger partial charge in [0.15, 0.2) is 5.76 Å². The molecule has 0 bridgehead atoms. The molecule has 0 radical (unpaired) electrons. The van der Waals surface area contributed by atoms with E-state index in [-0.39, 0.29) is 0 Å². The van der Waals surface area contributed by atoms with Gasteiger partial charge in [0.25, 0.3) is 0 Å². The number of rotatable bonds is 7. The Labute approximate surface area is 185 Å². The van der Waals surface area contributed by atoms with Gasteiger partial charge in [-0.05, 0) is 65.7 Å². The summed E-state index contributed by atoms with van der Waals surface area (Å²) >= 11 is 0. The van der Waals surface area contributed by atoms with Crippen molar-refractivity contribution >= 4 is 12.0 Å². The Hall–Kier alpha value is -4.32. The number of aromatic nitrogens is 1. The average Bonchev–Trinajstić information content (AvgIpc) is 3.28. The number of carboxylic acids is 1. The van der Waals surface area contributed by atoms with Crippen LogP contribution < -0.4 is 14.6 Å². The van der Waals surface area contributed by atoms with Gasteiger partial charge in [-0.1, -0.05) is 35.5 Å². The maximum absolute atomic E-state index is 10.7. The van der Waals surface area contributed by atoms with Gasteiger partial charge in [-0.3, -0.25) is 0 Å². The first-order chi connectivity index (χ1) is 15.6. The lowest BCUT2D eigenvalue weighted by molar-refractivity contribution is -0.297. The average molecular weight is 426 g/mol. The zero-order valence-corrected chi connectivity index (χ0v) is 17.6. The summed E-state index contributed by atoms with van der Waals surface area (Å²) < 4.78 is 16.3. The first kappa shape index (κ1) is 20.9. The van der Waals surface area contributed by atoms with E-state index in [4.69, 9.17) is 14.0 Å². The molecule has 0 aliphatic carbocycles. The molecule has 32 heavy (non-hydrogen) atoms. The van der Waals surface area contributed by atoms with Crippen molar-refractivity contribution in [1.82, 2.24) is 5.16 Å². The van der Waals surface area contributed by atoms with Gasteiger partial charge in [-0.25, -0.2) is 0 Å². The minimum Gasteiger partial charge on any atom is -0.545 e. The topological polar surface area (TPSA) is 84.6 Å². The van der Waals surface area contributed by atoms with Crippen molar-refractivity contribution in [3.8, 4) is 45.2 Å². The first-order valence-electron chi connectivity index (χ1n) is 9.87. The fraction of sp³-hybridized carbons (Fsp3) is 0.0769. The van der Waals surface area contributed by atoms with Crippen molar-refractivity contribution in [2.45, 2.75) is 0 Å². The number of carbonyl (C=O) groups is 1. The second kappa shape index (κ2) is 9.22. The van der Waals surface area contributed by atoms with E-state index < -0.39 is 5.97 Å². The number of methoxy groups -OCH3 is 2. The molecule has 4 rings (SSSR count). The van der Waals surface area contributed by atoms with Crippen LogP contribution in [0.4, 0.5) is 0 Å². The number of aliphatic carboxylic acids is 1. The summed E-state index contributed by atoms with van der Waals surface area (Å²) in [4.78, 5) is 10.7. The van der Waals surface area contributed by atoms with Crippen molar-refractivity contribution in [2.75, 3.05) is 14.2 Å². The van der Waals surface area contributed by atoms with E-state index in [2.05, 4.69) is 5.16 Å². The highest BCUT2D eigenvalue weighted by molar-refractivity contribution is 5.91. The van der Waals surface area contributed by atoms with Crippen LogP contribution in [-0.2, 0) is 4.79 Å². The lowest BCUT2D eigenvalue weighted by atomic mass is 9.95. The van der Waals surface area contributed by atoms with Gasteiger partial charge < -0.3 is 23.9 Å². The molecule has 0 aliphatic heterocycles. The van der Waals surface area contributed by atoms with Crippen molar-refractivity contribution in [1.29, 1.82) is 0 Å². The molecular formula is C26H20NO5-. The number of benzene rings is 3. The molecule has 0 fully saturated rings. The zero-order chi connectivity index (χ0) is 22.5. The molecular weight excluding hydrogens is 406 g/mol. The number of nitrogens with zero attached hydrogens (tertiary/aromatic N) is 1. The monoisotopic (exact) mass is 426 g/mol. The molecule has 0 N–H and O–H groups in total. The van der Waals surface area contributed by atoms with Crippen LogP contribution in [0, 0.1) is 0 Å². The second-order valence-electron chi connectivity index (χ2n) is 6.97. The molecule has 6 heteroatoms. The summed E-state index contributed by atoms with van der Waals surface area (Å²) in [5.41, 5.74) is 4.88. The quantitative estimate of drug-likeness (QED) is 0.406. The van der Waals surface area contributed by atoms with Crippen LogP contribution in [0.5, 0.6) is 11.5 Å². The smallest absolute Gasteiger partial charge is 0.175 e. The van der Waals surface area contributed by atoms with Gasteiger partial charge in [-0.15, -0.1) is 0 Å². The molecule has 0 spiro atoms. The molecule has 4 aromatic rings. The standard InChI is InChI=1S/C26H21NO5/c1-30-21-12-8-19(9-13-21)25-24(18-6-3-17(4-7-18)5-16-23(28)29)26(32-27-25)20-10-14-22(31-2)15-11-20/h3-16H,1-2H3,(H,28,29)/p-1/b16-5+. The van der Waals surface area contributed by atoms with E-state index in [1.54, 1.807) is 14.2 Å². The summed E-state index contributed by atoms with van der Waals surface area (Å²) in [5.74, 6) is 0.876. The van der Waals surface area contributed by atoms with Crippen LogP contribution in [0.3, 0.4) is 0 Å². The molecule has 0 aliphatic rings. The Balaban J connectivity index is 1.82. The third kappa shape index (κ3) is 4.39. The molecule has 160 valence electrons. The molecule has 1 heterocycles. The number of hydrogen-bond donors (Lipinski definition) is 0. The number of carboxylic acid groups (broad SMARTS) is 1. The Morgan fingerprint density at radius 2 is 1.34 bits per heavy atom. The van der Waals surface area contributed by atoms with Crippen molar-refractivity contribution in [3.05, 3.63) is 84.4 Å². The summed E-state index contributed by atoms with van der Waals surface area (Å²) in [7, 11) is 3.24. The first-order valence-corrected chi connectivity index (χ1v) is 9.87. The van der Waals surface area contributed by atoms with Crippen molar-refractivity contribution in [3.63, 3.8) is 0 Å². The van der Waals surface area contributed by atoms with Crippen molar-refractivity contribution < 1.29 is 23.9 Å². The minimum absolute atomic E-state index is 0.622. The van der Waals surface area contributed by atoms with Crippen molar-refractivity contribution in [2.24, 2.45) is 0 Å². The van der Waals surface area contributed by atoms with E-state index in [9.17, 15) is 9.90 Å². The predicted molar refractivity (Wildman–Crippen MR) is 120 cm³/mol. The lowest BCUT2D eigenvalue weighted by Gasteiger charge is -2.07. The van der Waals surface area contributed by atoms with E-state index >= 15 is 0 Å². The number of ether oxygens (including phenoxy) is 2. The molecule has 0 saturated carbocycles. The van der Waals surface area contributed by atoms with E-state index in [0.29, 0.717) is 11.5 Å². The SMILES string of the molecule is COc1ccc(-c2noc(-c3ccc(OC)cc3)c2-c2ccc(/C=C/C(=O)[O-])cc2)cc1. The fourth-order valence-corrected chi connectivity index (χ4v) is 3.37. The van der Waals surface area contributed by atoms with Gasteiger partial charge in [-0.2, -0.15) is 0 Å². The zero-order valence-electron chi connectivity index (χ0n) is 17.6. The molecule has 0 saturated heterocycles. The van der Waals surface area contributed by atoms with Gasteiger partial charge in [0.05, 0.1) is 25.8 Å². The molecule has 6 nitrogen and oxygen atoms in total. The van der Waals surface area contributed by atoms with Crippen LogP contribution >= 0.6 is 0 Å². The summed E-state index contributed by atoms with van der Waals surface area (Å²) in [6.45, 7) is 0. The summed E-state index contributed by atoms with van der Waals surface area (Å²) in [5, 5.41) is 15.1. The predicted octanol–water partition coefficient (Wildman–Crippen LogP) is 4.46. The summed E-state index contributed by atoms with van der Waals surface area (Å²) in [6, 6.07) is 22.6. The lowest BCUT2D eigenvalue weighted by Crippen LogP contribution is -2.18. The number of hydrogen-bond acceptors (Lipinski definition) is 6. The van der Waals surface area contributed by atoms with Gasteiger partial charge in [0.2, 0.25) is 0 Å². The third-order valence-electron chi connectivity index (χ3n) is 5.02. The second-order valence-corrected chi connectivity index (χ2v) is 6.97. The number of carbonyl (C=O) groups excluding carboxylic acids is 1. The summed E-state index contributed by atoms with van der Waals surface area (Å²) in [6.07, 6.45) is 2.49. The van der Waals surface area contributed by atoms with E-state index in [1.807, 2.05) is 72.8 Å². The third-order valence-corrected chi connectivity index (χ3v) is 5.02. The normalized spacial score (nSPS) is 10.9. The molecule has 0 unspecified atom stereocenters. The van der Waals surface area contributed by atoms with Crippen LogP contribution in [0.2, 0.25) is 0 Å². The van der Waals surface area contributed by atoms with E-state index in [1.165, 1.54) is 6.08 Å². The molecule has 3 aromatic carbocycles. The maximum atomic E-state index is 10.7. The molecule has 0 amide bonds. The Kier molecular flexibility index (Phi) is 6.03. The molecule has 0 atom stereocenters. The highest BCUT2D eigenvalue weighted by Crippen LogP contribution is 2.40. The minimum atomic E-state index is -1.24. The Morgan fingerprint density at radius 3 is 1.88 bits per heavy atom. The highest BCUT2D eigenvalue weighted by Gasteiger charge is 2.21. The van der Waals surface area contributed by atoms with Crippen LogP contribution in [0.25, 0.3) is 39.8 Å². The van der Waals surface area contributed by atoms with Crippen LogP contribution in [-0.4, -0.2) is 25.3 Å². The fourth-order valence-electron chi connectivity index (χ4n) is 3.37. The Bertz CT molecular complexity index is 1170. The largest absolute Gasteiger partial charge is 0.545 e. The van der Waals surface area contributed by atoms with E-state index in [0.717, 1.165) is 45.4 Å². The maximum Gasteiger partial charge on any atom is 0.175 e. The molecule has 1 aromatic heterocycles. The Morgan fingerprint density at radius 1 is 0.812 bits per heavy atom. The van der Waals surface area contributed by atoms with Gasteiger partial charge >= 0.3 is 0 Å². The van der Waals surface area contributed by atoms with Crippen LogP contribution in [0.15, 0.2) is 83.4 Å². The van der Waals surface area contributed by atoms with Gasteiger partial charge in [0, 0.05) is 11.1 Å².